The van der Waals surface area contributed by atoms with E-state index in [0.717, 1.165) is 12.4 Å². The number of likely N-dealkylation sites (tertiary alicyclic amines) is 1. The molecule has 1 saturated heterocycles. The second-order valence-corrected chi connectivity index (χ2v) is 5.05. The largest absolute Gasteiger partial charge is 0.356 e. The number of piperidine rings is 1. The molecule has 0 spiro atoms. The van der Waals surface area contributed by atoms with E-state index in [2.05, 4.69) is 39.2 Å². The Morgan fingerprint density at radius 3 is 2.83 bits per heavy atom. The van der Waals surface area contributed by atoms with Gasteiger partial charge in [0, 0.05) is 31.4 Å². The van der Waals surface area contributed by atoms with Crippen molar-refractivity contribution in [2.24, 2.45) is 0 Å². The molecule has 5 nitrogen and oxygen atoms in total. The van der Waals surface area contributed by atoms with Crippen molar-refractivity contribution in [3.63, 3.8) is 0 Å². The van der Waals surface area contributed by atoms with Crippen LogP contribution in [0.4, 0.5) is 5.82 Å². The normalized spacial score (nSPS) is 17.9. The van der Waals surface area contributed by atoms with Crippen molar-refractivity contribution in [3.8, 4) is 0 Å². The van der Waals surface area contributed by atoms with Crippen molar-refractivity contribution >= 4 is 5.82 Å². The van der Waals surface area contributed by atoms with Gasteiger partial charge in [-0.15, -0.1) is 0 Å². The quantitative estimate of drug-likeness (QED) is 0.852. The Kier molecular flexibility index (Phi) is 4.49. The number of rotatable bonds is 4. The molecular weight excluding hydrogens is 226 g/mol. The number of nitrogens with one attached hydrogen (secondary N) is 1. The smallest absolute Gasteiger partial charge is 0.136 e. The lowest BCUT2D eigenvalue weighted by atomic mass is 10.0. The second-order valence-electron chi connectivity index (χ2n) is 5.05. The summed E-state index contributed by atoms with van der Waals surface area (Å²) in [6.45, 7) is 3.15. The summed E-state index contributed by atoms with van der Waals surface area (Å²) in [5.41, 5.74) is 1.17. The Balaban J connectivity index is 2.10. The van der Waals surface area contributed by atoms with Crippen LogP contribution in [0.15, 0.2) is 12.5 Å². The highest BCUT2D eigenvalue weighted by Gasteiger charge is 2.22. The molecule has 0 amide bonds. The summed E-state index contributed by atoms with van der Waals surface area (Å²) in [7, 11) is 6.29. The van der Waals surface area contributed by atoms with Gasteiger partial charge in [-0.2, -0.15) is 0 Å². The monoisotopic (exact) mass is 249 g/mol. The van der Waals surface area contributed by atoms with Gasteiger partial charge in [-0.25, -0.2) is 9.97 Å². The molecule has 2 rings (SSSR count). The standard InChI is InChI=1S/C13H23N5/c1-14-8-11-9-15-10-16-13(11)18(3)12-4-6-17(2)7-5-12/h9-10,12,14H,4-8H2,1-3H3. The maximum absolute atomic E-state index is 4.45. The number of aromatic nitrogens is 2. The predicted molar refractivity (Wildman–Crippen MR) is 73.7 cm³/mol. The van der Waals surface area contributed by atoms with E-state index in [1.165, 1.54) is 31.5 Å². The Morgan fingerprint density at radius 1 is 1.44 bits per heavy atom. The summed E-state index contributed by atoms with van der Waals surface area (Å²) in [5.74, 6) is 1.06. The fourth-order valence-corrected chi connectivity index (χ4v) is 2.54. The lowest BCUT2D eigenvalue weighted by Crippen LogP contribution is -2.42. The molecule has 2 heterocycles. The molecule has 1 fully saturated rings. The lowest BCUT2D eigenvalue weighted by molar-refractivity contribution is 0.252. The highest BCUT2D eigenvalue weighted by Crippen LogP contribution is 2.22. The third kappa shape index (κ3) is 2.97. The first-order valence-electron chi connectivity index (χ1n) is 6.57. The molecule has 1 aliphatic rings. The molecule has 0 unspecified atom stereocenters. The third-order valence-corrected chi connectivity index (χ3v) is 3.70. The average molecular weight is 249 g/mol. The van der Waals surface area contributed by atoms with Gasteiger partial charge in [0.15, 0.2) is 0 Å². The number of hydrogen-bond acceptors (Lipinski definition) is 5. The Bertz CT molecular complexity index is 373. The molecule has 100 valence electrons. The van der Waals surface area contributed by atoms with E-state index in [-0.39, 0.29) is 0 Å². The minimum atomic E-state index is 0.590. The number of nitrogens with zero attached hydrogens (tertiary/aromatic N) is 4. The fourth-order valence-electron chi connectivity index (χ4n) is 2.54. The second kappa shape index (κ2) is 6.11. The van der Waals surface area contributed by atoms with Crippen molar-refractivity contribution < 1.29 is 0 Å². The topological polar surface area (TPSA) is 44.3 Å². The molecule has 0 saturated carbocycles. The first-order valence-corrected chi connectivity index (χ1v) is 6.57. The van der Waals surface area contributed by atoms with E-state index in [0.29, 0.717) is 6.04 Å². The van der Waals surface area contributed by atoms with Crippen LogP contribution in [-0.2, 0) is 6.54 Å². The maximum Gasteiger partial charge on any atom is 0.136 e. The minimum Gasteiger partial charge on any atom is -0.356 e. The van der Waals surface area contributed by atoms with Crippen molar-refractivity contribution in [1.29, 1.82) is 0 Å². The molecule has 1 aliphatic heterocycles. The predicted octanol–water partition coefficient (Wildman–Crippen LogP) is 0.726. The van der Waals surface area contributed by atoms with Gasteiger partial charge in [-0.1, -0.05) is 0 Å². The van der Waals surface area contributed by atoms with E-state index >= 15 is 0 Å². The summed E-state index contributed by atoms with van der Waals surface area (Å²) >= 11 is 0. The summed E-state index contributed by atoms with van der Waals surface area (Å²) in [6, 6.07) is 0.590. The van der Waals surface area contributed by atoms with Crippen LogP contribution in [0.3, 0.4) is 0 Å². The van der Waals surface area contributed by atoms with E-state index in [1.54, 1.807) is 6.33 Å². The number of anilines is 1. The molecular formula is C13H23N5. The van der Waals surface area contributed by atoms with Crippen LogP contribution in [-0.4, -0.2) is 55.1 Å². The van der Waals surface area contributed by atoms with Crippen LogP contribution < -0.4 is 10.2 Å². The third-order valence-electron chi connectivity index (χ3n) is 3.70. The Labute approximate surface area is 109 Å². The van der Waals surface area contributed by atoms with Crippen LogP contribution in [0.1, 0.15) is 18.4 Å². The van der Waals surface area contributed by atoms with E-state index in [4.69, 9.17) is 0 Å². The van der Waals surface area contributed by atoms with Gasteiger partial charge in [0.05, 0.1) is 0 Å². The molecule has 0 bridgehead atoms. The zero-order valence-corrected chi connectivity index (χ0v) is 11.6. The Hall–Kier alpha value is -1.20. The van der Waals surface area contributed by atoms with Crippen LogP contribution in [0.2, 0.25) is 0 Å². The van der Waals surface area contributed by atoms with E-state index in [9.17, 15) is 0 Å². The summed E-state index contributed by atoms with van der Waals surface area (Å²) in [4.78, 5) is 13.3. The van der Waals surface area contributed by atoms with Crippen molar-refractivity contribution in [2.45, 2.75) is 25.4 Å². The lowest BCUT2D eigenvalue weighted by Gasteiger charge is -2.36. The molecule has 0 aromatic carbocycles. The highest BCUT2D eigenvalue weighted by molar-refractivity contribution is 5.45. The first kappa shape index (κ1) is 13.2. The summed E-state index contributed by atoms with van der Waals surface area (Å²) in [5, 5.41) is 3.17. The van der Waals surface area contributed by atoms with Gasteiger partial charge >= 0.3 is 0 Å². The van der Waals surface area contributed by atoms with Gasteiger partial charge < -0.3 is 15.1 Å². The fraction of sp³-hybridized carbons (Fsp3) is 0.692. The number of hydrogen-bond donors (Lipinski definition) is 1. The first-order chi connectivity index (χ1) is 8.72. The molecule has 1 aromatic heterocycles. The summed E-state index contributed by atoms with van der Waals surface area (Å²) < 4.78 is 0. The van der Waals surface area contributed by atoms with Gasteiger partial charge in [0.1, 0.15) is 12.1 Å². The van der Waals surface area contributed by atoms with Gasteiger partial charge in [-0.05, 0) is 40.0 Å². The van der Waals surface area contributed by atoms with Gasteiger partial charge in [0.25, 0.3) is 0 Å². The van der Waals surface area contributed by atoms with Gasteiger partial charge in [-0.3, -0.25) is 0 Å². The SMILES string of the molecule is CNCc1cncnc1N(C)C1CCN(C)CC1. The average Bonchev–Trinajstić information content (AvgIpc) is 2.40. The molecule has 5 heteroatoms. The Morgan fingerprint density at radius 2 is 2.17 bits per heavy atom. The van der Waals surface area contributed by atoms with Crippen LogP contribution in [0.5, 0.6) is 0 Å². The zero-order valence-electron chi connectivity index (χ0n) is 11.6. The van der Waals surface area contributed by atoms with Crippen LogP contribution >= 0.6 is 0 Å². The van der Waals surface area contributed by atoms with E-state index in [1.807, 2.05) is 13.2 Å². The molecule has 1 N–H and O–H groups in total. The molecule has 0 atom stereocenters. The molecule has 18 heavy (non-hydrogen) atoms. The van der Waals surface area contributed by atoms with Crippen LogP contribution in [0, 0.1) is 0 Å². The van der Waals surface area contributed by atoms with Crippen molar-refractivity contribution in [1.82, 2.24) is 20.2 Å². The van der Waals surface area contributed by atoms with E-state index < -0.39 is 0 Å². The zero-order chi connectivity index (χ0) is 13.0. The van der Waals surface area contributed by atoms with Crippen molar-refractivity contribution in [3.05, 3.63) is 18.1 Å². The minimum absolute atomic E-state index is 0.590. The van der Waals surface area contributed by atoms with Crippen LogP contribution in [0.25, 0.3) is 0 Å². The van der Waals surface area contributed by atoms with Gasteiger partial charge in [0.2, 0.25) is 0 Å². The molecule has 0 radical (unpaired) electrons. The molecule has 0 aliphatic carbocycles. The van der Waals surface area contributed by atoms with Crippen molar-refractivity contribution in [2.75, 3.05) is 39.1 Å². The maximum atomic E-state index is 4.45. The highest BCUT2D eigenvalue weighted by atomic mass is 15.2. The molecule has 1 aromatic rings. The summed E-state index contributed by atoms with van der Waals surface area (Å²) in [6.07, 6.45) is 5.95.